The molecular formula is C8H15N3O. The topological polar surface area (TPSA) is 44.4 Å². The van der Waals surface area contributed by atoms with Gasteiger partial charge in [0.25, 0.3) is 0 Å². The van der Waals surface area contributed by atoms with Crippen molar-refractivity contribution in [3.63, 3.8) is 0 Å². The SMILES string of the molecule is CC1CNCC2CNC(=O)CN12. The number of hydrogen-bond donors (Lipinski definition) is 2. The second-order valence-electron chi connectivity index (χ2n) is 3.64. The largest absolute Gasteiger partial charge is 0.353 e. The second kappa shape index (κ2) is 3.03. The first-order valence-electron chi connectivity index (χ1n) is 4.50. The van der Waals surface area contributed by atoms with Crippen molar-refractivity contribution in [2.45, 2.75) is 19.0 Å². The lowest BCUT2D eigenvalue weighted by molar-refractivity contribution is -0.127. The van der Waals surface area contributed by atoms with Gasteiger partial charge in [-0.2, -0.15) is 0 Å². The van der Waals surface area contributed by atoms with E-state index in [1.165, 1.54) is 0 Å². The molecule has 4 heteroatoms. The molecule has 68 valence electrons. The van der Waals surface area contributed by atoms with Gasteiger partial charge in [-0.05, 0) is 6.92 Å². The highest BCUT2D eigenvalue weighted by atomic mass is 16.2. The van der Waals surface area contributed by atoms with Crippen molar-refractivity contribution in [3.8, 4) is 0 Å². The van der Waals surface area contributed by atoms with E-state index in [4.69, 9.17) is 0 Å². The molecule has 0 aromatic heterocycles. The van der Waals surface area contributed by atoms with Crippen LogP contribution in [0, 0.1) is 0 Å². The average molecular weight is 169 g/mol. The van der Waals surface area contributed by atoms with Crippen LogP contribution in [0.4, 0.5) is 0 Å². The molecule has 2 atom stereocenters. The van der Waals surface area contributed by atoms with Crippen LogP contribution < -0.4 is 10.6 Å². The van der Waals surface area contributed by atoms with E-state index in [-0.39, 0.29) is 5.91 Å². The number of nitrogens with one attached hydrogen (secondary N) is 2. The van der Waals surface area contributed by atoms with Gasteiger partial charge >= 0.3 is 0 Å². The molecule has 2 N–H and O–H groups in total. The summed E-state index contributed by atoms with van der Waals surface area (Å²) in [7, 11) is 0. The molecule has 0 spiro atoms. The minimum atomic E-state index is 0.167. The molecule has 12 heavy (non-hydrogen) atoms. The maximum Gasteiger partial charge on any atom is 0.234 e. The number of piperazine rings is 2. The monoisotopic (exact) mass is 169 g/mol. The summed E-state index contributed by atoms with van der Waals surface area (Å²) in [5.74, 6) is 0.167. The van der Waals surface area contributed by atoms with E-state index in [9.17, 15) is 4.79 Å². The summed E-state index contributed by atoms with van der Waals surface area (Å²) < 4.78 is 0. The van der Waals surface area contributed by atoms with Crippen LogP contribution in [-0.4, -0.2) is 49.1 Å². The highest BCUT2D eigenvalue weighted by molar-refractivity contribution is 5.79. The molecule has 0 radical (unpaired) electrons. The van der Waals surface area contributed by atoms with Gasteiger partial charge in [-0.1, -0.05) is 0 Å². The smallest absolute Gasteiger partial charge is 0.234 e. The molecular weight excluding hydrogens is 154 g/mol. The molecule has 2 rings (SSSR count). The summed E-state index contributed by atoms with van der Waals surface area (Å²) >= 11 is 0. The van der Waals surface area contributed by atoms with Crippen LogP contribution in [-0.2, 0) is 4.79 Å². The van der Waals surface area contributed by atoms with E-state index in [0.29, 0.717) is 18.6 Å². The van der Waals surface area contributed by atoms with E-state index in [1.807, 2.05) is 0 Å². The van der Waals surface area contributed by atoms with E-state index in [0.717, 1.165) is 19.6 Å². The van der Waals surface area contributed by atoms with E-state index in [2.05, 4.69) is 22.5 Å². The van der Waals surface area contributed by atoms with Crippen molar-refractivity contribution < 1.29 is 4.79 Å². The van der Waals surface area contributed by atoms with Gasteiger partial charge < -0.3 is 10.6 Å². The standard InChI is InChI=1S/C8H15N3O/c1-6-2-9-3-7-4-10-8(12)5-11(6)7/h6-7,9H,2-5H2,1H3,(H,10,12). The third kappa shape index (κ3) is 1.32. The zero-order valence-corrected chi connectivity index (χ0v) is 7.34. The van der Waals surface area contributed by atoms with Crippen LogP contribution in [0.5, 0.6) is 0 Å². The Hall–Kier alpha value is -0.610. The van der Waals surface area contributed by atoms with Crippen molar-refractivity contribution in [2.75, 3.05) is 26.2 Å². The summed E-state index contributed by atoms with van der Waals surface area (Å²) in [6.07, 6.45) is 0. The first-order chi connectivity index (χ1) is 5.77. The van der Waals surface area contributed by atoms with Crippen molar-refractivity contribution in [3.05, 3.63) is 0 Å². The number of carbonyl (C=O) groups is 1. The van der Waals surface area contributed by atoms with Gasteiger partial charge in [-0.15, -0.1) is 0 Å². The lowest BCUT2D eigenvalue weighted by atomic mass is 10.1. The minimum absolute atomic E-state index is 0.167. The van der Waals surface area contributed by atoms with Crippen LogP contribution in [0.3, 0.4) is 0 Å². The summed E-state index contributed by atoms with van der Waals surface area (Å²) in [5.41, 5.74) is 0. The Morgan fingerprint density at radius 2 is 2.25 bits per heavy atom. The number of rotatable bonds is 0. The molecule has 2 saturated heterocycles. The van der Waals surface area contributed by atoms with Crippen LogP contribution in [0.1, 0.15) is 6.92 Å². The van der Waals surface area contributed by atoms with Crippen LogP contribution >= 0.6 is 0 Å². The zero-order valence-electron chi connectivity index (χ0n) is 7.34. The molecule has 2 fully saturated rings. The summed E-state index contributed by atoms with van der Waals surface area (Å²) in [5, 5.41) is 6.24. The molecule has 2 aliphatic rings. The number of fused-ring (bicyclic) bond motifs is 1. The van der Waals surface area contributed by atoms with Gasteiger partial charge in [-0.3, -0.25) is 9.69 Å². The van der Waals surface area contributed by atoms with Gasteiger partial charge in [-0.25, -0.2) is 0 Å². The fourth-order valence-corrected chi connectivity index (χ4v) is 1.98. The Morgan fingerprint density at radius 3 is 3.08 bits per heavy atom. The Kier molecular flexibility index (Phi) is 2.02. The maximum absolute atomic E-state index is 11.1. The van der Waals surface area contributed by atoms with Gasteiger partial charge in [0.1, 0.15) is 0 Å². The fraction of sp³-hybridized carbons (Fsp3) is 0.875. The zero-order chi connectivity index (χ0) is 8.55. The number of nitrogens with zero attached hydrogens (tertiary/aromatic N) is 1. The quantitative estimate of drug-likeness (QED) is 0.477. The van der Waals surface area contributed by atoms with Crippen molar-refractivity contribution in [1.82, 2.24) is 15.5 Å². The molecule has 0 aromatic carbocycles. The molecule has 2 unspecified atom stereocenters. The van der Waals surface area contributed by atoms with Crippen LogP contribution in [0.2, 0.25) is 0 Å². The van der Waals surface area contributed by atoms with Crippen LogP contribution in [0.25, 0.3) is 0 Å². The third-order valence-electron chi connectivity index (χ3n) is 2.72. The second-order valence-corrected chi connectivity index (χ2v) is 3.64. The molecule has 0 saturated carbocycles. The van der Waals surface area contributed by atoms with Gasteiger partial charge in [0.15, 0.2) is 0 Å². The Labute approximate surface area is 72.3 Å². The fourth-order valence-electron chi connectivity index (χ4n) is 1.98. The van der Waals surface area contributed by atoms with Crippen molar-refractivity contribution >= 4 is 5.91 Å². The molecule has 4 nitrogen and oxygen atoms in total. The molecule has 1 amide bonds. The summed E-state index contributed by atoms with van der Waals surface area (Å²) in [6.45, 7) is 5.55. The highest BCUT2D eigenvalue weighted by Crippen LogP contribution is 2.11. The number of hydrogen-bond acceptors (Lipinski definition) is 3. The van der Waals surface area contributed by atoms with E-state index in [1.54, 1.807) is 0 Å². The molecule has 0 aliphatic carbocycles. The van der Waals surface area contributed by atoms with Gasteiger partial charge in [0, 0.05) is 31.7 Å². The average Bonchev–Trinajstić information content (AvgIpc) is 2.07. The number of carbonyl (C=O) groups excluding carboxylic acids is 1. The molecule has 2 heterocycles. The van der Waals surface area contributed by atoms with E-state index < -0.39 is 0 Å². The molecule has 0 bridgehead atoms. The van der Waals surface area contributed by atoms with Crippen LogP contribution in [0.15, 0.2) is 0 Å². The Morgan fingerprint density at radius 1 is 1.42 bits per heavy atom. The summed E-state index contributed by atoms with van der Waals surface area (Å²) in [6, 6.07) is 1.00. The van der Waals surface area contributed by atoms with Crippen molar-refractivity contribution in [2.24, 2.45) is 0 Å². The Balaban J connectivity index is 2.05. The number of amides is 1. The first kappa shape index (κ1) is 8.01. The lowest BCUT2D eigenvalue weighted by Crippen LogP contribution is -2.65. The van der Waals surface area contributed by atoms with Gasteiger partial charge in [0.05, 0.1) is 6.54 Å². The van der Waals surface area contributed by atoms with E-state index >= 15 is 0 Å². The maximum atomic E-state index is 11.1. The molecule has 2 aliphatic heterocycles. The predicted molar refractivity (Wildman–Crippen MR) is 45.8 cm³/mol. The first-order valence-corrected chi connectivity index (χ1v) is 4.50. The van der Waals surface area contributed by atoms with Crippen molar-refractivity contribution in [1.29, 1.82) is 0 Å². The lowest BCUT2D eigenvalue weighted by Gasteiger charge is -2.43. The third-order valence-corrected chi connectivity index (χ3v) is 2.72. The molecule has 0 aromatic rings. The predicted octanol–water partition coefficient (Wildman–Crippen LogP) is -1.22. The highest BCUT2D eigenvalue weighted by Gasteiger charge is 2.32. The normalized spacial score (nSPS) is 37.2. The Bertz CT molecular complexity index is 195. The van der Waals surface area contributed by atoms with Gasteiger partial charge in [0.2, 0.25) is 5.91 Å². The summed E-state index contributed by atoms with van der Waals surface area (Å²) in [4.78, 5) is 13.4. The minimum Gasteiger partial charge on any atom is -0.353 e.